The van der Waals surface area contributed by atoms with Gasteiger partial charge in [-0.15, -0.1) is 0 Å². The van der Waals surface area contributed by atoms with Gasteiger partial charge < -0.3 is 30.1 Å². The summed E-state index contributed by atoms with van der Waals surface area (Å²) in [6.45, 7) is 0.304. The van der Waals surface area contributed by atoms with Crippen LogP contribution in [0.4, 0.5) is 17.3 Å². The normalized spacial score (nSPS) is 10.3. The van der Waals surface area contributed by atoms with Gasteiger partial charge in [0.1, 0.15) is 22.8 Å². The van der Waals surface area contributed by atoms with Crippen LogP contribution < -0.4 is 30.1 Å². The van der Waals surface area contributed by atoms with Crippen LogP contribution >= 0.6 is 0 Å². The Labute approximate surface area is 210 Å². The Bertz CT molecular complexity index is 1330. The zero-order valence-electron chi connectivity index (χ0n) is 19.8. The molecule has 0 atom stereocenters. The molecular weight excluding hydrogens is 457 g/mol. The molecule has 3 aromatic carbocycles. The number of aromatic nitrogens is 2. The van der Waals surface area contributed by atoms with E-state index in [-0.39, 0.29) is 23.3 Å². The molecular formula is C26H24BN5O4. The second-order valence-corrected chi connectivity index (χ2v) is 7.57. The van der Waals surface area contributed by atoms with Crippen LogP contribution in [0.15, 0.2) is 79.0 Å². The molecule has 36 heavy (non-hydrogen) atoms. The van der Waals surface area contributed by atoms with E-state index in [0.717, 1.165) is 11.3 Å². The smallest absolute Gasteiger partial charge is 0.258 e. The molecule has 0 bridgehead atoms. The van der Waals surface area contributed by atoms with Crippen LogP contribution in [-0.4, -0.2) is 38.1 Å². The summed E-state index contributed by atoms with van der Waals surface area (Å²) in [5.74, 6) is 1.80. The number of carbonyl (C=O) groups excluding carboxylic acids is 1. The second-order valence-electron chi connectivity index (χ2n) is 7.57. The van der Waals surface area contributed by atoms with Crippen molar-refractivity contribution in [2.75, 3.05) is 24.8 Å². The molecule has 9 nitrogen and oxygen atoms in total. The van der Waals surface area contributed by atoms with Gasteiger partial charge in [0.25, 0.3) is 5.91 Å². The molecule has 2 radical (unpaired) electrons. The molecule has 1 amide bonds. The van der Waals surface area contributed by atoms with E-state index in [2.05, 4.69) is 25.8 Å². The third-order valence-electron chi connectivity index (χ3n) is 5.15. The molecule has 0 fully saturated rings. The van der Waals surface area contributed by atoms with Crippen molar-refractivity contribution in [3.63, 3.8) is 0 Å². The Morgan fingerprint density at radius 2 is 1.58 bits per heavy atom. The lowest BCUT2D eigenvalue weighted by molar-refractivity contribution is 0.0947. The number of nitrogens with one attached hydrogen (secondary N) is 3. The Morgan fingerprint density at radius 3 is 2.31 bits per heavy atom. The van der Waals surface area contributed by atoms with Crippen LogP contribution in [0.25, 0.3) is 0 Å². The van der Waals surface area contributed by atoms with Crippen LogP contribution in [0.1, 0.15) is 15.9 Å². The van der Waals surface area contributed by atoms with Gasteiger partial charge in [0.15, 0.2) is 0 Å². The second kappa shape index (κ2) is 11.6. The molecule has 4 aromatic rings. The first kappa shape index (κ1) is 24.4. The summed E-state index contributed by atoms with van der Waals surface area (Å²) in [7, 11) is 8.70. The average molecular weight is 481 g/mol. The van der Waals surface area contributed by atoms with Crippen molar-refractivity contribution >= 4 is 31.2 Å². The zero-order chi connectivity index (χ0) is 25.3. The van der Waals surface area contributed by atoms with Gasteiger partial charge in [-0.25, -0.2) is 4.98 Å². The molecule has 4 rings (SSSR count). The molecule has 0 aliphatic carbocycles. The monoisotopic (exact) mass is 481 g/mol. The SMILES string of the molecule is [B]Nc1cccc(Oc2nc(Nc3cccc(OC)c3)ncc2C(=O)NCc2ccc(OC)cc2)c1. The first-order chi connectivity index (χ1) is 17.6. The predicted octanol–water partition coefficient (Wildman–Crippen LogP) is 4.46. The van der Waals surface area contributed by atoms with Crippen molar-refractivity contribution in [1.29, 1.82) is 0 Å². The minimum atomic E-state index is -0.387. The number of methoxy groups -OCH3 is 2. The lowest BCUT2D eigenvalue weighted by Crippen LogP contribution is -2.24. The predicted molar refractivity (Wildman–Crippen MR) is 138 cm³/mol. The molecule has 0 aliphatic rings. The number of ether oxygens (including phenoxy) is 3. The van der Waals surface area contributed by atoms with Crippen molar-refractivity contribution in [2.24, 2.45) is 0 Å². The molecule has 0 aliphatic heterocycles. The number of nitrogens with zero attached hydrogens (tertiary/aromatic N) is 2. The number of hydrogen-bond donors (Lipinski definition) is 3. The molecule has 10 heteroatoms. The average Bonchev–Trinajstić information content (AvgIpc) is 2.92. The van der Waals surface area contributed by atoms with Crippen LogP contribution in [-0.2, 0) is 6.54 Å². The standard InChI is InChI=1S/C26H24BN5O4/c1-34-20-11-9-17(10-12-20)15-28-24(33)23-16-29-26(30-18-5-3-7-21(13-18)35-2)31-25(23)36-22-8-4-6-19(14-22)32-27/h3-14,16,32H,15H2,1-2H3,(H,28,33)(H,29,30,31). The molecule has 0 saturated carbocycles. The van der Waals surface area contributed by atoms with Gasteiger partial charge in [0.2, 0.25) is 19.8 Å². The highest BCUT2D eigenvalue weighted by atomic mass is 16.5. The van der Waals surface area contributed by atoms with E-state index in [1.165, 1.54) is 6.20 Å². The van der Waals surface area contributed by atoms with Gasteiger partial charge in [-0.1, -0.05) is 24.3 Å². The maximum Gasteiger partial charge on any atom is 0.258 e. The van der Waals surface area contributed by atoms with Gasteiger partial charge in [-0.2, -0.15) is 4.98 Å². The summed E-state index contributed by atoms with van der Waals surface area (Å²) in [4.78, 5) is 21.8. The number of anilines is 3. The largest absolute Gasteiger partial charge is 0.497 e. The Kier molecular flexibility index (Phi) is 7.87. The molecule has 3 N–H and O–H groups in total. The number of benzene rings is 3. The van der Waals surface area contributed by atoms with E-state index >= 15 is 0 Å². The first-order valence-electron chi connectivity index (χ1n) is 11.0. The van der Waals surface area contributed by atoms with Gasteiger partial charge >= 0.3 is 0 Å². The van der Waals surface area contributed by atoms with Crippen molar-refractivity contribution < 1.29 is 19.0 Å². The van der Waals surface area contributed by atoms with E-state index < -0.39 is 0 Å². The third kappa shape index (κ3) is 6.23. The molecule has 0 unspecified atom stereocenters. The molecule has 0 saturated heterocycles. The summed E-state index contributed by atoms with van der Waals surface area (Å²) in [6, 6.07) is 21.7. The number of rotatable bonds is 10. The Balaban J connectivity index is 1.58. The Hall–Kier alpha value is -4.73. The van der Waals surface area contributed by atoms with Crippen molar-refractivity contribution in [2.45, 2.75) is 6.54 Å². The zero-order valence-corrected chi connectivity index (χ0v) is 19.8. The van der Waals surface area contributed by atoms with Crippen molar-refractivity contribution in [1.82, 2.24) is 15.3 Å². The van der Waals surface area contributed by atoms with Crippen LogP contribution in [0.3, 0.4) is 0 Å². The lowest BCUT2D eigenvalue weighted by Gasteiger charge is -2.13. The fourth-order valence-electron chi connectivity index (χ4n) is 3.27. The topological polar surface area (TPSA) is 107 Å². The highest BCUT2D eigenvalue weighted by molar-refractivity contribution is 6.15. The number of hydrogen-bond acceptors (Lipinski definition) is 8. The van der Waals surface area contributed by atoms with Crippen LogP contribution in [0.2, 0.25) is 0 Å². The fourth-order valence-corrected chi connectivity index (χ4v) is 3.27. The van der Waals surface area contributed by atoms with Gasteiger partial charge in [0.05, 0.1) is 14.2 Å². The van der Waals surface area contributed by atoms with E-state index in [1.807, 2.05) is 42.5 Å². The highest BCUT2D eigenvalue weighted by Crippen LogP contribution is 2.27. The van der Waals surface area contributed by atoms with Gasteiger partial charge in [-0.3, -0.25) is 4.79 Å². The number of amides is 1. The lowest BCUT2D eigenvalue weighted by atomic mass is 10.2. The maximum absolute atomic E-state index is 13.1. The number of carbonyl (C=O) groups is 1. The highest BCUT2D eigenvalue weighted by Gasteiger charge is 2.18. The summed E-state index contributed by atoms with van der Waals surface area (Å²) in [5, 5.41) is 8.55. The minimum Gasteiger partial charge on any atom is -0.497 e. The van der Waals surface area contributed by atoms with Gasteiger partial charge in [-0.05, 0) is 42.0 Å². The molecule has 1 heterocycles. The summed E-state index contributed by atoms with van der Waals surface area (Å²) >= 11 is 0. The summed E-state index contributed by atoms with van der Waals surface area (Å²) < 4.78 is 16.4. The van der Waals surface area contributed by atoms with Crippen LogP contribution in [0.5, 0.6) is 23.1 Å². The fraction of sp³-hybridized carbons (Fsp3) is 0.115. The van der Waals surface area contributed by atoms with Gasteiger partial charge in [0, 0.05) is 36.2 Å². The quantitative estimate of drug-likeness (QED) is 0.285. The molecule has 0 spiro atoms. The molecule has 1 aromatic heterocycles. The third-order valence-corrected chi connectivity index (χ3v) is 5.15. The van der Waals surface area contributed by atoms with Crippen molar-refractivity contribution in [3.8, 4) is 23.1 Å². The summed E-state index contributed by atoms with van der Waals surface area (Å²) in [6.07, 6.45) is 1.42. The minimum absolute atomic E-state index is 0.0804. The summed E-state index contributed by atoms with van der Waals surface area (Å²) in [5.41, 5.74) is 2.43. The van der Waals surface area contributed by atoms with E-state index in [1.54, 1.807) is 44.6 Å². The van der Waals surface area contributed by atoms with E-state index in [0.29, 0.717) is 29.4 Å². The van der Waals surface area contributed by atoms with Crippen LogP contribution in [0, 0.1) is 0 Å². The van der Waals surface area contributed by atoms with E-state index in [9.17, 15) is 4.79 Å². The maximum atomic E-state index is 13.1. The van der Waals surface area contributed by atoms with Crippen molar-refractivity contribution in [3.05, 3.63) is 90.1 Å². The molecule has 180 valence electrons. The first-order valence-corrected chi connectivity index (χ1v) is 11.0. The Morgan fingerprint density at radius 1 is 0.889 bits per heavy atom. The van der Waals surface area contributed by atoms with E-state index in [4.69, 9.17) is 22.2 Å².